The summed E-state index contributed by atoms with van der Waals surface area (Å²) in [6.07, 6.45) is 3.62. The molecule has 6 heteroatoms. The number of carbonyl (C=O) groups excluding carboxylic acids is 1. The molecule has 0 aliphatic carbocycles. The zero-order valence-electron chi connectivity index (χ0n) is 13.3. The number of ether oxygens (including phenoxy) is 1. The molecule has 1 unspecified atom stereocenters. The van der Waals surface area contributed by atoms with Crippen LogP contribution in [0.1, 0.15) is 32.8 Å². The number of carbonyl (C=O) groups is 1. The number of amides is 1. The van der Waals surface area contributed by atoms with Crippen molar-refractivity contribution in [1.82, 2.24) is 9.88 Å². The van der Waals surface area contributed by atoms with Crippen molar-refractivity contribution in [2.24, 2.45) is 0 Å². The first-order valence-electron chi connectivity index (χ1n) is 7.72. The minimum Gasteiger partial charge on any atom is -0.444 e. The van der Waals surface area contributed by atoms with E-state index in [1.54, 1.807) is 0 Å². The van der Waals surface area contributed by atoms with Crippen molar-refractivity contribution in [3.05, 3.63) is 22.3 Å². The molecule has 5 nitrogen and oxygen atoms in total. The van der Waals surface area contributed by atoms with Crippen molar-refractivity contribution < 1.29 is 9.53 Å². The largest absolute Gasteiger partial charge is 0.444 e. The average Bonchev–Trinajstić information content (AvgIpc) is 3.01. The van der Waals surface area contributed by atoms with Gasteiger partial charge in [-0.1, -0.05) is 0 Å². The average molecular weight is 368 g/mol. The fourth-order valence-corrected chi connectivity index (χ4v) is 3.49. The van der Waals surface area contributed by atoms with Gasteiger partial charge in [0.1, 0.15) is 11.4 Å². The molecule has 1 fully saturated rings. The van der Waals surface area contributed by atoms with Gasteiger partial charge in [-0.05, 0) is 61.2 Å². The first-order valence-corrected chi connectivity index (χ1v) is 8.52. The van der Waals surface area contributed by atoms with Gasteiger partial charge in [0.2, 0.25) is 0 Å². The number of hydrogen-bond donors (Lipinski definition) is 0. The van der Waals surface area contributed by atoms with Gasteiger partial charge in [-0.3, -0.25) is 0 Å². The standard InChI is InChI=1S/C16H22BrN3O2/c1-16(2,3)22-15(21)19-6-5-13(10-19)20-7-4-11-8-12(17)9-18-14(11)20/h8-9,13H,4-7,10H2,1-3H3. The maximum absolute atomic E-state index is 12.2. The number of rotatable bonds is 1. The van der Waals surface area contributed by atoms with Crippen LogP contribution in [0, 0.1) is 0 Å². The fourth-order valence-electron chi connectivity index (χ4n) is 3.11. The zero-order chi connectivity index (χ0) is 15.9. The van der Waals surface area contributed by atoms with Crippen LogP contribution in [0.5, 0.6) is 0 Å². The molecule has 0 spiro atoms. The van der Waals surface area contributed by atoms with E-state index in [1.807, 2.05) is 31.9 Å². The number of aromatic nitrogens is 1. The van der Waals surface area contributed by atoms with E-state index in [-0.39, 0.29) is 6.09 Å². The predicted octanol–water partition coefficient (Wildman–Crippen LogP) is 3.22. The lowest BCUT2D eigenvalue weighted by Gasteiger charge is -2.27. The number of nitrogens with zero attached hydrogens (tertiary/aromatic N) is 3. The van der Waals surface area contributed by atoms with Gasteiger partial charge in [0.05, 0.1) is 0 Å². The Labute approximate surface area is 139 Å². The summed E-state index contributed by atoms with van der Waals surface area (Å²) < 4.78 is 6.49. The lowest BCUT2D eigenvalue weighted by molar-refractivity contribution is 0.0292. The third-order valence-corrected chi connectivity index (χ3v) is 4.49. The molecule has 1 aromatic heterocycles. The van der Waals surface area contributed by atoms with Gasteiger partial charge in [-0.2, -0.15) is 0 Å². The molecule has 0 bridgehead atoms. The molecule has 1 amide bonds. The highest BCUT2D eigenvalue weighted by Gasteiger charge is 2.35. The number of fused-ring (bicyclic) bond motifs is 1. The Kier molecular flexibility index (Phi) is 4.05. The van der Waals surface area contributed by atoms with E-state index in [9.17, 15) is 4.79 Å². The fraction of sp³-hybridized carbons (Fsp3) is 0.625. The highest BCUT2D eigenvalue weighted by atomic mass is 79.9. The number of likely N-dealkylation sites (tertiary alicyclic amines) is 1. The number of pyridine rings is 1. The van der Waals surface area contributed by atoms with Crippen LogP contribution >= 0.6 is 15.9 Å². The molecule has 1 aromatic rings. The third kappa shape index (κ3) is 3.21. The van der Waals surface area contributed by atoms with Crippen molar-refractivity contribution in [3.63, 3.8) is 0 Å². The maximum Gasteiger partial charge on any atom is 0.410 e. The lowest BCUT2D eigenvalue weighted by atomic mass is 10.2. The minimum absolute atomic E-state index is 0.210. The summed E-state index contributed by atoms with van der Waals surface area (Å²) in [5.74, 6) is 1.07. The molecule has 1 saturated heterocycles. The molecule has 3 heterocycles. The summed E-state index contributed by atoms with van der Waals surface area (Å²) in [6.45, 7) is 8.14. The van der Waals surface area contributed by atoms with Gasteiger partial charge >= 0.3 is 6.09 Å². The summed E-state index contributed by atoms with van der Waals surface area (Å²) in [7, 11) is 0. The minimum atomic E-state index is -0.441. The van der Waals surface area contributed by atoms with Gasteiger partial charge < -0.3 is 14.5 Å². The molecule has 1 atom stereocenters. The van der Waals surface area contributed by atoms with Gasteiger partial charge in [0.25, 0.3) is 0 Å². The molecule has 0 saturated carbocycles. The third-order valence-electron chi connectivity index (χ3n) is 4.06. The van der Waals surface area contributed by atoms with E-state index >= 15 is 0 Å². The van der Waals surface area contributed by atoms with Crippen molar-refractivity contribution in [2.45, 2.75) is 45.3 Å². The van der Waals surface area contributed by atoms with Crippen molar-refractivity contribution in [2.75, 3.05) is 24.5 Å². The van der Waals surface area contributed by atoms with Crippen molar-refractivity contribution >= 4 is 27.8 Å². The second-order valence-electron chi connectivity index (χ2n) is 6.95. The number of anilines is 1. The molecular weight excluding hydrogens is 346 g/mol. The van der Waals surface area contributed by atoms with E-state index in [4.69, 9.17) is 4.74 Å². The molecule has 0 aromatic carbocycles. The Balaban J connectivity index is 1.66. The zero-order valence-corrected chi connectivity index (χ0v) is 14.9. The molecule has 3 rings (SSSR count). The van der Waals surface area contributed by atoms with E-state index in [1.165, 1.54) is 5.56 Å². The van der Waals surface area contributed by atoms with Crippen LogP contribution in [0.2, 0.25) is 0 Å². The molecular formula is C16H22BrN3O2. The summed E-state index contributed by atoms with van der Waals surface area (Å²) >= 11 is 3.47. The maximum atomic E-state index is 12.2. The van der Waals surface area contributed by atoms with Crippen molar-refractivity contribution in [1.29, 1.82) is 0 Å². The molecule has 120 valence electrons. The van der Waals surface area contributed by atoms with Gasteiger partial charge in [0.15, 0.2) is 0 Å². The van der Waals surface area contributed by atoms with Crippen LogP contribution < -0.4 is 4.90 Å². The van der Waals surface area contributed by atoms with E-state index in [2.05, 4.69) is 31.9 Å². The Hall–Kier alpha value is -1.30. The lowest BCUT2D eigenvalue weighted by Crippen LogP contribution is -2.40. The monoisotopic (exact) mass is 367 g/mol. The summed E-state index contributed by atoms with van der Waals surface area (Å²) in [5.41, 5.74) is 0.841. The first kappa shape index (κ1) is 15.6. The Bertz CT molecular complexity index is 585. The Morgan fingerprint density at radius 1 is 1.41 bits per heavy atom. The summed E-state index contributed by atoms with van der Waals surface area (Å²) in [6, 6.07) is 2.48. The predicted molar refractivity (Wildman–Crippen MR) is 89.2 cm³/mol. The summed E-state index contributed by atoms with van der Waals surface area (Å²) in [4.78, 5) is 20.9. The van der Waals surface area contributed by atoms with Gasteiger partial charge in [-0.15, -0.1) is 0 Å². The molecule has 22 heavy (non-hydrogen) atoms. The quantitative estimate of drug-likeness (QED) is 0.764. The van der Waals surface area contributed by atoms with Crippen LogP contribution in [0.3, 0.4) is 0 Å². The highest BCUT2D eigenvalue weighted by molar-refractivity contribution is 9.10. The van der Waals surface area contributed by atoms with E-state index in [0.29, 0.717) is 12.6 Å². The van der Waals surface area contributed by atoms with E-state index < -0.39 is 5.60 Å². The van der Waals surface area contributed by atoms with Crippen LogP contribution in [0.4, 0.5) is 10.6 Å². The van der Waals surface area contributed by atoms with Crippen LogP contribution in [-0.2, 0) is 11.2 Å². The smallest absolute Gasteiger partial charge is 0.410 e. The number of halogens is 1. The molecule has 0 radical (unpaired) electrons. The Morgan fingerprint density at radius 3 is 2.91 bits per heavy atom. The SMILES string of the molecule is CC(C)(C)OC(=O)N1CCC(N2CCc3cc(Br)cnc32)C1. The van der Waals surface area contributed by atoms with Crippen molar-refractivity contribution in [3.8, 4) is 0 Å². The second-order valence-corrected chi connectivity index (χ2v) is 7.86. The molecule has 2 aliphatic heterocycles. The normalized spacial score (nSPS) is 21.2. The highest BCUT2D eigenvalue weighted by Crippen LogP contribution is 2.32. The van der Waals surface area contributed by atoms with Crippen LogP contribution in [0.25, 0.3) is 0 Å². The topological polar surface area (TPSA) is 45.7 Å². The van der Waals surface area contributed by atoms with Gasteiger partial charge in [0, 0.05) is 36.3 Å². The summed E-state index contributed by atoms with van der Waals surface area (Å²) in [5, 5.41) is 0. The van der Waals surface area contributed by atoms with Gasteiger partial charge in [-0.25, -0.2) is 9.78 Å². The van der Waals surface area contributed by atoms with Crippen LogP contribution in [0.15, 0.2) is 16.7 Å². The van der Waals surface area contributed by atoms with Crippen LogP contribution in [-0.4, -0.2) is 47.3 Å². The molecule has 2 aliphatic rings. The Morgan fingerprint density at radius 2 is 2.18 bits per heavy atom. The number of hydrogen-bond acceptors (Lipinski definition) is 4. The molecule has 0 N–H and O–H groups in total. The first-order chi connectivity index (χ1) is 10.3. The second kappa shape index (κ2) is 5.72. The van der Waals surface area contributed by atoms with E-state index in [0.717, 1.165) is 36.2 Å².